The summed E-state index contributed by atoms with van der Waals surface area (Å²) in [4.78, 5) is 0. The van der Waals surface area contributed by atoms with Crippen molar-refractivity contribution in [1.82, 2.24) is 9.76 Å². The molecular formula is C8H18Cl2N2OP+. The average molecular weight is 260 g/mol. The van der Waals surface area contributed by atoms with Crippen LogP contribution in [0, 0.1) is 0 Å². The van der Waals surface area contributed by atoms with Gasteiger partial charge in [0.1, 0.15) is 6.66 Å². The number of nitrogens with zero attached hydrogens (tertiary/aromatic N) is 1. The Balaban J connectivity index is 2.53. The van der Waals surface area contributed by atoms with Crippen molar-refractivity contribution in [1.29, 1.82) is 0 Å². The average Bonchev–Trinajstić information content (AvgIpc) is 2.19. The first-order valence-corrected chi connectivity index (χ1v) is 8.04. The van der Waals surface area contributed by atoms with Crippen LogP contribution in [0.3, 0.4) is 0 Å². The first kappa shape index (κ1) is 13.0. The molecule has 0 aromatic rings. The summed E-state index contributed by atoms with van der Waals surface area (Å²) in [5, 5.41) is 3.46. The van der Waals surface area contributed by atoms with Gasteiger partial charge in [-0.2, -0.15) is 5.09 Å². The zero-order valence-electron chi connectivity index (χ0n) is 8.51. The Hall–Kier alpha value is 0.890. The summed E-state index contributed by atoms with van der Waals surface area (Å²) in [6, 6.07) is 0. The highest BCUT2D eigenvalue weighted by atomic mass is 35.5. The third-order valence-electron chi connectivity index (χ3n) is 2.29. The van der Waals surface area contributed by atoms with Gasteiger partial charge in [-0.05, 0) is 6.42 Å². The predicted octanol–water partition coefficient (Wildman–Crippen LogP) is 2.17. The van der Waals surface area contributed by atoms with Gasteiger partial charge in [0.2, 0.25) is 0 Å². The third-order valence-corrected chi connectivity index (χ3v) is 5.61. The highest BCUT2D eigenvalue weighted by Gasteiger charge is 2.43. The van der Waals surface area contributed by atoms with Crippen molar-refractivity contribution < 1.29 is 4.52 Å². The summed E-state index contributed by atoms with van der Waals surface area (Å²) in [5.41, 5.74) is 0. The maximum atomic E-state index is 5.84. The number of alkyl halides is 2. The molecule has 0 aromatic heterocycles. The standard InChI is InChI=1S/C8H18Cl2N2OP/c1-14(11-5-2-8-13-14)12(6-3-9)7-4-10/h11H,2-8H2,1H3/q+1. The van der Waals surface area contributed by atoms with Gasteiger partial charge in [0.15, 0.2) is 0 Å². The SMILES string of the molecule is C[P+]1(N(CCCl)CCCl)NCCCO1. The van der Waals surface area contributed by atoms with E-state index < -0.39 is 7.79 Å². The molecule has 0 bridgehead atoms. The first-order valence-electron chi connectivity index (χ1n) is 4.86. The molecule has 0 aliphatic carbocycles. The van der Waals surface area contributed by atoms with E-state index in [9.17, 15) is 0 Å². The molecule has 1 fully saturated rings. The number of hydrogen-bond acceptors (Lipinski definition) is 3. The molecule has 1 N–H and O–H groups in total. The van der Waals surface area contributed by atoms with Gasteiger partial charge in [0.05, 0.1) is 19.7 Å². The quantitative estimate of drug-likeness (QED) is 0.605. The fourth-order valence-corrected chi connectivity index (χ4v) is 4.64. The van der Waals surface area contributed by atoms with Crippen LogP contribution in [-0.2, 0) is 4.52 Å². The molecule has 1 heterocycles. The summed E-state index contributed by atoms with van der Waals surface area (Å²) in [6.07, 6.45) is 1.09. The topological polar surface area (TPSA) is 24.5 Å². The number of hydrogen-bond donors (Lipinski definition) is 1. The van der Waals surface area contributed by atoms with E-state index in [-0.39, 0.29) is 0 Å². The monoisotopic (exact) mass is 259 g/mol. The maximum Gasteiger partial charge on any atom is 0.284 e. The van der Waals surface area contributed by atoms with Crippen LogP contribution in [-0.4, -0.2) is 49.3 Å². The molecule has 84 valence electrons. The summed E-state index contributed by atoms with van der Waals surface area (Å²) in [7, 11) is -1.59. The predicted molar refractivity (Wildman–Crippen MR) is 64.4 cm³/mol. The van der Waals surface area contributed by atoms with Crippen LogP contribution in [0.4, 0.5) is 0 Å². The van der Waals surface area contributed by atoms with Gasteiger partial charge in [0, 0.05) is 18.3 Å². The Kier molecular flexibility index (Phi) is 5.99. The molecule has 6 heteroatoms. The van der Waals surface area contributed by atoms with Crippen molar-refractivity contribution in [2.24, 2.45) is 0 Å². The van der Waals surface area contributed by atoms with Gasteiger partial charge in [-0.3, -0.25) is 0 Å². The molecular weight excluding hydrogens is 242 g/mol. The smallest absolute Gasteiger partial charge is 0.200 e. The van der Waals surface area contributed by atoms with Crippen molar-refractivity contribution in [2.45, 2.75) is 6.42 Å². The van der Waals surface area contributed by atoms with Crippen molar-refractivity contribution in [3.05, 3.63) is 0 Å². The Morgan fingerprint density at radius 1 is 1.36 bits per heavy atom. The maximum absolute atomic E-state index is 5.84. The summed E-state index contributed by atoms with van der Waals surface area (Å²) >= 11 is 11.5. The van der Waals surface area contributed by atoms with Gasteiger partial charge in [0.25, 0.3) is 7.79 Å². The van der Waals surface area contributed by atoms with Crippen molar-refractivity contribution in [3.63, 3.8) is 0 Å². The van der Waals surface area contributed by atoms with Crippen LogP contribution in [0.1, 0.15) is 6.42 Å². The second-order valence-electron chi connectivity index (χ2n) is 3.31. The van der Waals surface area contributed by atoms with Crippen molar-refractivity contribution in [3.8, 4) is 0 Å². The molecule has 0 radical (unpaired) electrons. The highest BCUT2D eigenvalue weighted by Crippen LogP contribution is 2.56. The minimum absolute atomic E-state index is 0.623. The van der Waals surface area contributed by atoms with E-state index in [4.69, 9.17) is 27.7 Å². The van der Waals surface area contributed by atoms with Gasteiger partial charge in [-0.25, -0.2) is 4.52 Å². The Bertz CT molecular complexity index is 161. The lowest BCUT2D eigenvalue weighted by Gasteiger charge is -2.33. The molecule has 1 unspecified atom stereocenters. The second kappa shape index (κ2) is 6.47. The molecule has 1 atom stereocenters. The van der Waals surface area contributed by atoms with Crippen LogP contribution in [0.5, 0.6) is 0 Å². The lowest BCUT2D eigenvalue weighted by molar-refractivity contribution is 0.263. The minimum atomic E-state index is -1.59. The largest absolute Gasteiger partial charge is 0.284 e. The molecule has 0 aromatic carbocycles. The third kappa shape index (κ3) is 3.48. The Morgan fingerprint density at radius 2 is 2.00 bits per heavy atom. The molecule has 0 spiro atoms. The highest BCUT2D eigenvalue weighted by molar-refractivity contribution is 7.66. The molecule has 1 rings (SSSR count). The molecule has 0 saturated carbocycles. The number of nitrogens with one attached hydrogen (secondary N) is 1. The van der Waals surface area contributed by atoms with E-state index >= 15 is 0 Å². The molecule has 1 aliphatic rings. The van der Waals surface area contributed by atoms with Gasteiger partial charge in [-0.15, -0.1) is 27.9 Å². The minimum Gasteiger partial charge on any atom is -0.200 e. The van der Waals surface area contributed by atoms with E-state index in [1.807, 2.05) is 0 Å². The molecule has 0 amide bonds. The summed E-state index contributed by atoms with van der Waals surface area (Å²) in [6.45, 7) is 5.70. The van der Waals surface area contributed by atoms with Crippen LogP contribution in [0.15, 0.2) is 0 Å². The fourth-order valence-electron chi connectivity index (χ4n) is 1.52. The van der Waals surface area contributed by atoms with E-state index in [1.165, 1.54) is 0 Å². The summed E-state index contributed by atoms with van der Waals surface area (Å²) in [5.74, 6) is 1.25. The van der Waals surface area contributed by atoms with Crippen molar-refractivity contribution >= 4 is 31.0 Å². The van der Waals surface area contributed by atoms with E-state index in [0.29, 0.717) is 11.8 Å². The van der Waals surface area contributed by atoms with Crippen molar-refractivity contribution in [2.75, 3.05) is 44.7 Å². The first-order chi connectivity index (χ1) is 6.73. The van der Waals surface area contributed by atoms with E-state index in [1.54, 1.807) is 0 Å². The van der Waals surface area contributed by atoms with Gasteiger partial charge >= 0.3 is 0 Å². The zero-order chi connectivity index (χ0) is 10.4. The van der Waals surface area contributed by atoms with Gasteiger partial charge < -0.3 is 0 Å². The van der Waals surface area contributed by atoms with Crippen LogP contribution in [0.2, 0.25) is 0 Å². The Morgan fingerprint density at radius 3 is 2.43 bits per heavy atom. The lowest BCUT2D eigenvalue weighted by atomic mass is 10.5. The summed E-state index contributed by atoms with van der Waals surface area (Å²) < 4.78 is 8.10. The molecule has 14 heavy (non-hydrogen) atoms. The van der Waals surface area contributed by atoms with Crippen LogP contribution < -0.4 is 5.09 Å². The number of halogens is 2. The zero-order valence-corrected chi connectivity index (χ0v) is 10.9. The number of rotatable bonds is 5. The van der Waals surface area contributed by atoms with Gasteiger partial charge in [-0.1, -0.05) is 0 Å². The molecule has 1 aliphatic heterocycles. The fraction of sp³-hybridized carbons (Fsp3) is 1.00. The van der Waals surface area contributed by atoms with Crippen LogP contribution >= 0.6 is 31.0 Å². The molecule has 3 nitrogen and oxygen atoms in total. The Labute approximate surface area is 96.6 Å². The van der Waals surface area contributed by atoms with E-state index in [2.05, 4.69) is 16.4 Å². The lowest BCUT2D eigenvalue weighted by Crippen LogP contribution is -2.39. The second-order valence-corrected chi connectivity index (χ2v) is 6.96. The normalized spacial score (nSPS) is 28.3. The molecule has 1 saturated heterocycles. The van der Waals surface area contributed by atoms with Crippen LogP contribution in [0.25, 0.3) is 0 Å². The van der Waals surface area contributed by atoms with E-state index in [0.717, 1.165) is 32.7 Å².